The zero-order valence-corrected chi connectivity index (χ0v) is 9.31. The molecule has 1 aliphatic rings. The van der Waals surface area contributed by atoms with Crippen molar-refractivity contribution in [2.24, 2.45) is 5.92 Å². The van der Waals surface area contributed by atoms with E-state index in [2.05, 4.69) is 6.92 Å². The maximum Gasteiger partial charge on any atom is 0.253 e. The van der Waals surface area contributed by atoms with Crippen LogP contribution in [0.25, 0.3) is 0 Å². The van der Waals surface area contributed by atoms with Gasteiger partial charge in [-0.05, 0) is 30.5 Å². The third-order valence-electron chi connectivity index (χ3n) is 2.99. The lowest BCUT2D eigenvalue weighted by Gasteiger charge is -2.16. The number of carbonyl (C=O) groups excluding carboxylic acids is 1. The van der Waals surface area contributed by atoms with Gasteiger partial charge in [0, 0.05) is 18.7 Å². The van der Waals surface area contributed by atoms with E-state index in [1.54, 1.807) is 12.1 Å². The van der Waals surface area contributed by atoms with E-state index in [-0.39, 0.29) is 11.7 Å². The number of carbonyl (C=O) groups is 1. The van der Waals surface area contributed by atoms with Gasteiger partial charge >= 0.3 is 0 Å². The molecular weight excluding hydrogens is 204 g/mol. The Morgan fingerprint density at radius 2 is 2.31 bits per heavy atom. The Balaban J connectivity index is 2.18. The molecule has 0 spiro atoms. The molecule has 1 unspecified atom stereocenters. The van der Waals surface area contributed by atoms with Crippen LogP contribution >= 0.6 is 0 Å². The zero-order chi connectivity index (χ0) is 11.7. The summed E-state index contributed by atoms with van der Waals surface area (Å²) in [5, 5.41) is 9.45. The van der Waals surface area contributed by atoms with Crippen molar-refractivity contribution in [3.8, 4) is 5.75 Å². The summed E-state index contributed by atoms with van der Waals surface area (Å²) >= 11 is 0. The summed E-state index contributed by atoms with van der Waals surface area (Å²) in [5.41, 5.74) is 6.29. The zero-order valence-electron chi connectivity index (χ0n) is 9.31. The van der Waals surface area contributed by atoms with Crippen LogP contribution < -0.4 is 5.73 Å². The summed E-state index contributed by atoms with van der Waals surface area (Å²) in [5.74, 6) is 0.504. The van der Waals surface area contributed by atoms with Crippen LogP contribution in [-0.4, -0.2) is 29.0 Å². The molecule has 0 aromatic heterocycles. The molecule has 0 radical (unpaired) electrons. The number of hydrogen-bond acceptors (Lipinski definition) is 3. The predicted octanol–water partition coefficient (Wildman–Crippen LogP) is 1.46. The first-order valence-electron chi connectivity index (χ1n) is 5.45. The number of nitrogens with two attached hydrogens (primary N) is 1. The third kappa shape index (κ3) is 1.96. The Hall–Kier alpha value is -1.71. The van der Waals surface area contributed by atoms with Crippen molar-refractivity contribution in [2.45, 2.75) is 13.3 Å². The van der Waals surface area contributed by atoms with Crippen molar-refractivity contribution in [3.63, 3.8) is 0 Å². The monoisotopic (exact) mass is 220 g/mol. The van der Waals surface area contributed by atoms with Crippen molar-refractivity contribution in [2.75, 3.05) is 18.8 Å². The summed E-state index contributed by atoms with van der Waals surface area (Å²) < 4.78 is 0. The molecule has 86 valence electrons. The standard InChI is InChI=1S/C12H16N2O2/c1-8-4-5-14(7-8)12(16)9-2-3-10(13)11(15)6-9/h2-3,6,8,15H,4-5,7,13H2,1H3. The summed E-state index contributed by atoms with van der Waals surface area (Å²) in [6, 6.07) is 4.64. The number of benzene rings is 1. The molecule has 3 N–H and O–H groups in total. The maximum absolute atomic E-state index is 12.0. The first-order chi connectivity index (χ1) is 7.58. The molecule has 4 heteroatoms. The van der Waals surface area contributed by atoms with Crippen LogP contribution in [0.5, 0.6) is 5.75 Å². The van der Waals surface area contributed by atoms with Gasteiger partial charge in [-0.3, -0.25) is 4.79 Å². The SMILES string of the molecule is CC1CCN(C(=O)c2ccc(N)c(O)c2)C1. The smallest absolute Gasteiger partial charge is 0.253 e. The average Bonchev–Trinajstić information content (AvgIpc) is 2.68. The lowest BCUT2D eigenvalue weighted by molar-refractivity contribution is 0.0787. The number of anilines is 1. The number of amides is 1. The number of phenols is 1. The molecule has 0 saturated carbocycles. The first kappa shape index (κ1) is 10.8. The van der Waals surface area contributed by atoms with Crippen LogP contribution in [-0.2, 0) is 0 Å². The van der Waals surface area contributed by atoms with E-state index in [1.807, 2.05) is 4.90 Å². The van der Waals surface area contributed by atoms with Gasteiger partial charge < -0.3 is 15.7 Å². The second-order valence-electron chi connectivity index (χ2n) is 4.42. The molecule has 1 aliphatic heterocycles. The fourth-order valence-corrected chi connectivity index (χ4v) is 1.98. The van der Waals surface area contributed by atoms with E-state index in [0.717, 1.165) is 19.5 Å². The summed E-state index contributed by atoms with van der Waals surface area (Å²) in [7, 11) is 0. The second-order valence-corrected chi connectivity index (χ2v) is 4.42. The van der Waals surface area contributed by atoms with Crippen LogP contribution in [0.3, 0.4) is 0 Å². The molecule has 1 aromatic rings. The van der Waals surface area contributed by atoms with Gasteiger partial charge in [0.05, 0.1) is 5.69 Å². The number of nitrogens with zero attached hydrogens (tertiary/aromatic N) is 1. The molecule has 4 nitrogen and oxygen atoms in total. The highest BCUT2D eigenvalue weighted by Gasteiger charge is 2.24. The van der Waals surface area contributed by atoms with Crippen LogP contribution in [0.15, 0.2) is 18.2 Å². The number of hydrogen-bond donors (Lipinski definition) is 2. The molecular formula is C12H16N2O2. The fraction of sp³-hybridized carbons (Fsp3) is 0.417. The Labute approximate surface area is 94.7 Å². The van der Waals surface area contributed by atoms with Crippen LogP contribution in [0.1, 0.15) is 23.7 Å². The Kier molecular flexibility index (Phi) is 2.73. The van der Waals surface area contributed by atoms with Gasteiger partial charge in [-0.25, -0.2) is 0 Å². The largest absolute Gasteiger partial charge is 0.506 e. The minimum Gasteiger partial charge on any atom is -0.506 e. The summed E-state index contributed by atoms with van der Waals surface area (Å²) in [4.78, 5) is 13.8. The normalized spacial score (nSPS) is 20.1. The number of nitrogen functional groups attached to an aromatic ring is 1. The maximum atomic E-state index is 12.0. The number of phenolic OH excluding ortho intramolecular Hbond substituents is 1. The van der Waals surface area contributed by atoms with Crippen molar-refractivity contribution in [1.29, 1.82) is 0 Å². The molecule has 1 aromatic carbocycles. The number of aromatic hydroxyl groups is 1. The highest BCUT2D eigenvalue weighted by atomic mass is 16.3. The Morgan fingerprint density at radius 1 is 1.56 bits per heavy atom. The molecule has 2 rings (SSSR count). The Bertz CT molecular complexity index is 417. The lowest BCUT2D eigenvalue weighted by Crippen LogP contribution is -2.28. The van der Waals surface area contributed by atoms with Gasteiger partial charge in [0.15, 0.2) is 0 Å². The first-order valence-corrected chi connectivity index (χ1v) is 5.45. The topological polar surface area (TPSA) is 66.6 Å². The minimum absolute atomic E-state index is 0.0281. The van der Waals surface area contributed by atoms with Gasteiger partial charge in [0.25, 0.3) is 5.91 Å². The number of likely N-dealkylation sites (tertiary alicyclic amines) is 1. The van der Waals surface area contributed by atoms with Crippen LogP contribution in [0.2, 0.25) is 0 Å². The Morgan fingerprint density at radius 3 is 2.88 bits per heavy atom. The van der Waals surface area contributed by atoms with Crippen molar-refractivity contribution >= 4 is 11.6 Å². The molecule has 0 bridgehead atoms. The van der Waals surface area contributed by atoms with Gasteiger partial charge in [0.2, 0.25) is 0 Å². The highest BCUT2D eigenvalue weighted by molar-refractivity contribution is 5.95. The minimum atomic E-state index is -0.0295. The van der Waals surface area contributed by atoms with Gasteiger partial charge in [-0.2, -0.15) is 0 Å². The third-order valence-corrected chi connectivity index (χ3v) is 2.99. The highest BCUT2D eigenvalue weighted by Crippen LogP contribution is 2.23. The molecule has 1 heterocycles. The molecule has 1 saturated heterocycles. The van der Waals surface area contributed by atoms with E-state index in [9.17, 15) is 9.90 Å². The van der Waals surface area contributed by atoms with E-state index in [1.165, 1.54) is 6.07 Å². The summed E-state index contributed by atoms with van der Waals surface area (Å²) in [6.45, 7) is 3.73. The van der Waals surface area contributed by atoms with E-state index >= 15 is 0 Å². The average molecular weight is 220 g/mol. The fourth-order valence-electron chi connectivity index (χ4n) is 1.98. The van der Waals surface area contributed by atoms with E-state index < -0.39 is 0 Å². The van der Waals surface area contributed by atoms with Crippen molar-refractivity contribution < 1.29 is 9.90 Å². The van der Waals surface area contributed by atoms with E-state index in [4.69, 9.17) is 5.73 Å². The molecule has 16 heavy (non-hydrogen) atoms. The van der Waals surface area contributed by atoms with Gasteiger partial charge in [-0.1, -0.05) is 6.92 Å². The quantitative estimate of drug-likeness (QED) is 0.556. The lowest BCUT2D eigenvalue weighted by atomic mass is 10.1. The van der Waals surface area contributed by atoms with Crippen molar-refractivity contribution in [3.05, 3.63) is 23.8 Å². The predicted molar refractivity (Wildman–Crippen MR) is 62.2 cm³/mol. The van der Waals surface area contributed by atoms with E-state index in [0.29, 0.717) is 17.2 Å². The second kappa shape index (κ2) is 4.04. The summed E-state index contributed by atoms with van der Waals surface area (Å²) in [6.07, 6.45) is 1.05. The van der Waals surface area contributed by atoms with Crippen molar-refractivity contribution in [1.82, 2.24) is 4.90 Å². The molecule has 0 aliphatic carbocycles. The number of rotatable bonds is 1. The van der Waals surface area contributed by atoms with Crippen LogP contribution in [0, 0.1) is 5.92 Å². The molecule has 1 amide bonds. The van der Waals surface area contributed by atoms with Crippen LogP contribution in [0.4, 0.5) is 5.69 Å². The molecule has 1 atom stereocenters. The molecule has 1 fully saturated rings. The van der Waals surface area contributed by atoms with Gasteiger partial charge in [0.1, 0.15) is 5.75 Å². The van der Waals surface area contributed by atoms with Gasteiger partial charge in [-0.15, -0.1) is 0 Å².